The summed E-state index contributed by atoms with van der Waals surface area (Å²) in [5.74, 6) is 0. The lowest BCUT2D eigenvalue weighted by Gasteiger charge is -2.03. The fraction of sp³-hybridized carbons (Fsp3) is 0.400. The third-order valence-electron chi connectivity index (χ3n) is 0.865. The second-order valence-corrected chi connectivity index (χ2v) is 2.63. The molecule has 1 aliphatic rings. The molecule has 0 radical (unpaired) electrons. The summed E-state index contributed by atoms with van der Waals surface area (Å²) in [7, 11) is 0. The number of nitrogens with zero attached hydrogens (tertiary/aromatic N) is 1. The number of rotatable bonds is 0. The Morgan fingerprint density at radius 3 is 3.00 bits per heavy atom. The molecule has 8 heavy (non-hydrogen) atoms. The van der Waals surface area contributed by atoms with Crippen molar-refractivity contribution in [3.8, 4) is 0 Å². The molecule has 1 heterocycles. The topological polar surface area (TPSA) is 38.4 Å². The van der Waals surface area contributed by atoms with Crippen LogP contribution in [0.3, 0.4) is 0 Å². The van der Waals surface area contributed by atoms with Gasteiger partial charge in [0.1, 0.15) is 0 Å². The second-order valence-electron chi connectivity index (χ2n) is 1.74. The fourth-order valence-corrected chi connectivity index (χ4v) is 0.974. The molecule has 0 amide bonds. The SMILES string of the molecule is CC1=CSC(N)=NC1. The minimum atomic E-state index is 0.676. The lowest BCUT2D eigenvalue weighted by Crippen LogP contribution is -2.09. The first-order valence-corrected chi connectivity index (χ1v) is 3.29. The first-order chi connectivity index (χ1) is 3.79. The van der Waals surface area contributed by atoms with Crippen LogP contribution in [0.4, 0.5) is 0 Å². The van der Waals surface area contributed by atoms with E-state index in [0.717, 1.165) is 6.54 Å². The Hall–Kier alpha value is -0.440. The predicted octanol–water partition coefficient (Wildman–Crippen LogP) is 0.952. The van der Waals surface area contributed by atoms with Crippen LogP contribution in [0.1, 0.15) is 6.92 Å². The summed E-state index contributed by atoms with van der Waals surface area (Å²) in [5.41, 5.74) is 6.65. The van der Waals surface area contributed by atoms with Crippen LogP contribution in [0.25, 0.3) is 0 Å². The molecule has 0 atom stereocenters. The summed E-state index contributed by atoms with van der Waals surface area (Å²) in [6, 6.07) is 0. The van der Waals surface area contributed by atoms with Crippen LogP contribution in [-0.2, 0) is 0 Å². The molecular formula is C5H8N2S. The first kappa shape index (κ1) is 5.69. The van der Waals surface area contributed by atoms with Gasteiger partial charge in [-0.15, -0.1) is 0 Å². The maximum absolute atomic E-state index is 5.37. The predicted molar refractivity (Wildman–Crippen MR) is 37.8 cm³/mol. The van der Waals surface area contributed by atoms with Gasteiger partial charge in [0.2, 0.25) is 0 Å². The molecule has 0 saturated heterocycles. The summed E-state index contributed by atoms with van der Waals surface area (Å²) in [6.45, 7) is 2.82. The van der Waals surface area contributed by atoms with Gasteiger partial charge in [0, 0.05) is 0 Å². The van der Waals surface area contributed by atoms with E-state index < -0.39 is 0 Å². The molecule has 0 aromatic heterocycles. The molecule has 0 aromatic rings. The first-order valence-electron chi connectivity index (χ1n) is 2.41. The Bertz CT molecular complexity index is 131. The van der Waals surface area contributed by atoms with Crippen LogP contribution >= 0.6 is 11.8 Å². The van der Waals surface area contributed by atoms with Crippen molar-refractivity contribution in [3.63, 3.8) is 0 Å². The molecule has 3 heteroatoms. The lowest BCUT2D eigenvalue weighted by molar-refractivity contribution is 1.14. The van der Waals surface area contributed by atoms with E-state index in [9.17, 15) is 0 Å². The maximum Gasteiger partial charge on any atom is 0.158 e. The van der Waals surface area contributed by atoms with Crippen molar-refractivity contribution in [2.75, 3.05) is 6.54 Å². The summed E-state index contributed by atoms with van der Waals surface area (Å²) in [6.07, 6.45) is 0. The van der Waals surface area contributed by atoms with Gasteiger partial charge in [-0.05, 0) is 17.9 Å². The Morgan fingerprint density at radius 1 is 1.88 bits per heavy atom. The molecule has 0 aliphatic carbocycles. The van der Waals surface area contributed by atoms with Crippen molar-refractivity contribution in [1.82, 2.24) is 0 Å². The third-order valence-corrected chi connectivity index (χ3v) is 1.76. The molecule has 1 aliphatic heterocycles. The monoisotopic (exact) mass is 128 g/mol. The average molecular weight is 128 g/mol. The van der Waals surface area contributed by atoms with Crippen molar-refractivity contribution >= 4 is 16.9 Å². The van der Waals surface area contributed by atoms with Crippen LogP contribution in [0, 0.1) is 0 Å². The zero-order valence-corrected chi connectivity index (χ0v) is 5.53. The van der Waals surface area contributed by atoms with Gasteiger partial charge in [-0.2, -0.15) is 0 Å². The van der Waals surface area contributed by atoms with E-state index in [2.05, 4.69) is 4.99 Å². The molecular weight excluding hydrogens is 120 g/mol. The Balaban J connectivity index is 2.54. The quantitative estimate of drug-likeness (QED) is 0.527. The standard InChI is InChI=1S/C5H8N2S/c1-4-2-7-5(6)8-3-4/h3H,2H2,1H3,(H2,6,7). The summed E-state index contributed by atoms with van der Waals surface area (Å²) in [5, 5.41) is 2.71. The van der Waals surface area contributed by atoms with E-state index >= 15 is 0 Å². The van der Waals surface area contributed by atoms with E-state index in [1.807, 2.05) is 12.3 Å². The summed E-state index contributed by atoms with van der Waals surface area (Å²) < 4.78 is 0. The van der Waals surface area contributed by atoms with Gasteiger partial charge in [0.05, 0.1) is 6.54 Å². The maximum atomic E-state index is 5.37. The molecule has 2 nitrogen and oxygen atoms in total. The van der Waals surface area contributed by atoms with E-state index in [0.29, 0.717) is 5.17 Å². The molecule has 1 rings (SSSR count). The highest BCUT2D eigenvalue weighted by atomic mass is 32.2. The van der Waals surface area contributed by atoms with Crippen LogP contribution in [0.15, 0.2) is 16.0 Å². The van der Waals surface area contributed by atoms with E-state index in [1.165, 1.54) is 17.3 Å². The zero-order chi connectivity index (χ0) is 5.98. The van der Waals surface area contributed by atoms with Gasteiger partial charge in [-0.1, -0.05) is 11.8 Å². The van der Waals surface area contributed by atoms with Crippen molar-refractivity contribution in [3.05, 3.63) is 11.0 Å². The number of hydrogen-bond acceptors (Lipinski definition) is 3. The number of thioether (sulfide) groups is 1. The van der Waals surface area contributed by atoms with Gasteiger partial charge >= 0.3 is 0 Å². The summed E-state index contributed by atoms with van der Waals surface area (Å²) in [4.78, 5) is 4.00. The van der Waals surface area contributed by atoms with E-state index in [-0.39, 0.29) is 0 Å². The normalized spacial score (nSPS) is 19.6. The molecule has 0 fully saturated rings. The van der Waals surface area contributed by atoms with Gasteiger partial charge in [0.25, 0.3) is 0 Å². The highest BCUT2D eigenvalue weighted by Crippen LogP contribution is 2.12. The summed E-state index contributed by atoms with van der Waals surface area (Å²) >= 11 is 1.49. The number of aliphatic imine (C=N–C) groups is 1. The molecule has 0 bridgehead atoms. The smallest absolute Gasteiger partial charge is 0.158 e. The average Bonchev–Trinajstić information content (AvgIpc) is 1.77. The van der Waals surface area contributed by atoms with Gasteiger partial charge in [-0.3, -0.25) is 4.99 Å². The van der Waals surface area contributed by atoms with Crippen molar-refractivity contribution < 1.29 is 0 Å². The third kappa shape index (κ3) is 1.26. The number of hydrogen-bond donors (Lipinski definition) is 1. The number of nitrogens with two attached hydrogens (primary N) is 1. The second kappa shape index (κ2) is 2.22. The largest absolute Gasteiger partial charge is 0.378 e. The highest BCUT2D eigenvalue weighted by molar-refractivity contribution is 8.16. The van der Waals surface area contributed by atoms with Crippen molar-refractivity contribution in [2.24, 2.45) is 10.7 Å². The van der Waals surface area contributed by atoms with Crippen LogP contribution in [0.2, 0.25) is 0 Å². The van der Waals surface area contributed by atoms with E-state index in [1.54, 1.807) is 0 Å². The number of amidine groups is 1. The minimum Gasteiger partial charge on any atom is -0.378 e. The van der Waals surface area contributed by atoms with Gasteiger partial charge in [0.15, 0.2) is 5.17 Å². The van der Waals surface area contributed by atoms with Crippen molar-refractivity contribution in [2.45, 2.75) is 6.92 Å². The Morgan fingerprint density at radius 2 is 2.62 bits per heavy atom. The van der Waals surface area contributed by atoms with E-state index in [4.69, 9.17) is 5.73 Å². The lowest BCUT2D eigenvalue weighted by atomic mass is 10.4. The zero-order valence-electron chi connectivity index (χ0n) is 4.72. The van der Waals surface area contributed by atoms with Gasteiger partial charge < -0.3 is 5.73 Å². The molecule has 0 aromatic carbocycles. The minimum absolute atomic E-state index is 0.676. The van der Waals surface area contributed by atoms with Crippen LogP contribution in [0.5, 0.6) is 0 Å². The van der Waals surface area contributed by atoms with Gasteiger partial charge in [-0.25, -0.2) is 0 Å². The molecule has 2 N–H and O–H groups in total. The van der Waals surface area contributed by atoms with Crippen molar-refractivity contribution in [1.29, 1.82) is 0 Å². The van der Waals surface area contributed by atoms with Crippen LogP contribution < -0.4 is 5.73 Å². The van der Waals surface area contributed by atoms with Crippen LogP contribution in [-0.4, -0.2) is 11.7 Å². The fourth-order valence-electron chi connectivity index (χ4n) is 0.438. The molecule has 0 spiro atoms. The molecule has 0 unspecified atom stereocenters. The molecule has 0 saturated carbocycles. The highest BCUT2D eigenvalue weighted by Gasteiger charge is 1.97. The Kier molecular flexibility index (Phi) is 1.58. The molecule has 44 valence electrons. The Labute approximate surface area is 52.9 Å².